The van der Waals surface area contributed by atoms with Crippen molar-refractivity contribution in [3.05, 3.63) is 0 Å². The van der Waals surface area contributed by atoms with Gasteiger partial charge in [-0.2, -0.15) is 0 Å². The third kappa shape index (κ3) is 4.68. The summed E-state index contributed by atoms with van der Waals surface area (Å²) in [5.41, 5.74) is -0.139. The predicted octanol–water partition coefficient (Wildman–Crippen LogP) is 2.00. The Morgan fingerprint density at radius 2 is 2.10 bits per heavy atom. The van der Waals surface area contributed by atoms with Gasteiger partial charge in [0.15, 0.2) is 0 Å². The van der Waals surface area contributed by atoms with Crippen molar-refractivity contribution in [2.24, 2.45) is 11.3 Å². The second-order valence-electron chi connectivity index (χ2n) is 7.13. The van der Waals surface area contributed by atoms with Crippen LogP contribution in [0.1, 0.15) is 52.4 Å². The second kappa shape index (κ2) is 8.14. The summed E-state index contributed by atoms with van der Waals surface area (Å²) in [6, 6.07) is 0. The molecule has 2 N–H and O–H groups in total. The molecule has 2 saturated heterocycles. The first-order valence-electron chi connectivity index (χ1n) is 8.88. The highest BCUT2D eigenvalue weighted by molar-refractivity contribution is 5.83. The van der Waals surface area contributed by atoms with Crippen LogP contribution in [-0.4, -0.2) is 50.1 Å². The molecule has 0 spiro atoms. The lowest BCUT2D eigenvalue weighted by Gasteiger charge is -2.30. The number of nitrogens with one attached hydrogen (secondary N) is 2. The van der Waals surface area contributed by atoms with E-state index in [9.17, 15) is 4.79 Å². The van der Waals surface area contributed by atoms with Crippen molar-refractivity contribution < 1.29 is 4.79 Å². The minimum Gasteiger partial charge on any atom is -0.355 e. The first-order chi connectivity index (χ1) is 10.2. The Morgan fingerprint density at radius 3 is 2.71 bits per heavy atom. The van der Waals surface area contributed by atoms with Crippen molar-refractivity contribution in [2.75, 3.05) is 39.3 Å². The summed E-state index contributed by atoms with van der Waals surface area (Å²) in [4.78, 5) is 15.1. The fourth-order valence-electron chi connectivity index (χ4n) is 3.84. The number of amides is 1. The largest absolute Gasteiger partial charge is 0.355 e. The van der Waals surface area contributed by atoms with Crippen LogP contribution >= 0.6 is 0 Å². The van der Waals surface area contributed by atoms with Crippen molar-refractivity contribution in [1.82, 2.24) is 15.5 Å². The fourth-order valence-corrected chi connectivity index (χ4v) is 3.84. The molecule has 0 bridgehead atoms. The van der Waals surface area contributed by atoms with Gasteiger partial charge in [-0.25, -0.2) is 0 Å². The highest BCUT2D eigenvalue weighted by Crippen LogP contribution is 2.31. The van der Waals surface area contributed by atoms with Crippen LogP contribution in [0.2, 0.25) is 0 Å². The predicted molar refractivity (Wildman–Crippen MR) is 87.3 cm³/mol. The maximum absolute atomic E-state index is 12.6. The Balaban J connectivity index is 1.74. The molecule has 4 heteroatoms. The summed E-state index contributed by atoms with van der Waals surface area (Å²) < 4.78 is 0. The molecule has 1 amide bonds. The van der Waals surface area contributed by atoms with Crippen LogP contribution < -0.4 is 10.6 Å². The molecule has 2 rings (SSSR count). The first-order valence-corrected chi connectivity index (χ1v) is 8.88. The molecule has 4 nitrogen and oxygen atoms in total. The lowest BCUT2D eigenvalue weighted by molar-refractivity contribution is -0.130. The van der Waals surface area contributed by atoms with Crippen LogP contribution in [0.3, 0.4) is 0 Å². The molecule has 2 aliphatic rings. The van der Waals surface area contributed by atoms with Crippen LogP contribution in [0, 0.1) is 11.3 Å². The van der Waals surface area contributed by atoms with E-state index in [1.807, 2.05) is 0 Å². The highest BCUT2D eigenvalue weighted by Gasteiger charge is 2.40. The number of hydrogen-bond donors (Lipinski definition) is 2. The van der Waals surface area contributed by atoms with Gasteiger partial charge in [0.05, 0.1) is 5.41 Å². The van der Waals surface area contributed by atoms with E-state index in [1.54, 1.807) is 0 Å². The molecule has 0 aliphatic carbocycles. The van der Waals surface area contributed by atoms with E-state index in [0.29, 0.717) is 5.92 Å². The van der Waals surface area contributed by atoms with Crippen LogP contribution in [0.15, 0.2) is 0 Å². The summed E-state index contributed by atoms with van der Waals surface area (Å²) in [6.45, 7) is 10.7. The molecule has 2 heterocycles. The fraction of sp³-hybridized carbons (Fsp3) is 0.941. The SMILES string of the molecule is CCCC1(C(=O)NCC(C)CN2CCCCC2)CCNC1. The highest BCUT2D eigenvalue weighted by atomic mass is 16.2. The maximum Gasteiger partial charge on any atom is 0.227 e. The molecule has 2 atom stereocenters. The Morgan fingerprint density at radius 1 is 1.33 bits per heavy atom. The smallest absolute Gasteiger partial charge is 0.227 e. The molecule has 2 unspecified atom stereocenters. The zero-order chi connectivity index (χ0) is 15.1. The van der Waals surface area contributed by atoms with E-state index >= 15 is 0 Å². The van der Waals surface area contributed by atoms with Crippen LogP contribution in [0.5, 0.6) is 0 Å². The maximum atomic E-state index is 12.6. The summed E-state index contributed by atoms with van der Waals surface area (Å²) in [5, 5.41) is 6.60. The van der Waals surface area contributed by atoms with E-state index in [0.717, 1.165) is 45.4 Å². The lowest BCUT2D eigenvalue weighted by atomic mass is 9.81. The topological polar surface area (TPSA) is 44.4 Å². The molecular formula is C17H33N3O. The molecule has 0 radical (unpaired) electrons. The molecule has 122 valence electrons. The standard InChI is InChI=1S/C17H33N3O/c1-3-7-17(8-9-18-14-17)16(21)19-12-15(2)13-20-10-5-4-6-11-20/h15,18H,3-14H2,1-2H3,(H,19,21). The lowest BCUT2D eigenvalue weighted by Crippen LogP contribution is -2.45. The zero-order valence-electron chi connectivity index (χ0n) is 13.9. The zero-order valence-corrected chi connectivity index (χ0v) is 13.9. The minimum atomic E-state index is -0.139. The number of hydrogen-bond acceptors (Lipinski definition) is 3. The van der Waals surface area contributed by atoms with Crippen molar-refractivity contribution in [3.8, 4) is 0 Å². The first kappa shape index (κ1) is 16.8. The van der Waals surface area contributed by atoms with Gasteiger partial charge in [-0.3, -0.25) is 4.79 Å². The number of piperidine rings is 1. The van der Waals surface area contributed by atoms with Gasteiger partial charge in [-0.1, -0.05) is 26.7 Å². The summed E-state index contributed by atoms with van der Waals surface area (Å²) in [5.74, 6) is 0.819. The van der Waals surface area contributed by atoms with E-state index in [4.69, 9.17) is 0 Å². The number of carbonyl (C=O) groups is 1. The van der Waals surface area contributed by atoms with Crippen molar-refractivity contribution in [1.29, 1.82) is 0 Å². The van der Waals surface area contributed by atoms with Crippen molar-refractivity contribution in [2.45, 2.75) is 52.4 Å². The molecule has 0 saturated carbocycles. The van der Waals surface area contributed by atoms with E-state index in [1.165, 1.54) is 32.4 Å². The van der Waals surface area contributed by atoms with Gasteiger partial charge < -0.3 is 15.5 Å². The van der Waals surface area contributed by atoms with E-state index in [2.05, 4.69) is 29.4 Å². The molecule has 0 aromatic rings. The van der Waals surface area contributed by atoms with Gasteiger partial charge >= 0.3 is 0 Å². The third-order valence-electron chi connectivity index (χ3n) is 5.08. The van der Waals surface area contributed by atoms with E-state index < -0.39 is 0 Å². The van der Waals surface area contributed by atoms with Crippen molar-refractivity contribution in [3.63, 3.8) is 0 Å². The van der Waals surface area contributed by atoms with Gasteiger partial charge in [-0.15, -0.1) is 0 Å². The summed E-state index contributed by atoms with van der Waals surface area (Å²) in [6.07, 6.45) is 7.14. The average molecular weight is 295 g/mol. The number of likely N-dealkylation sites (tertiary alicyclic amines) is 1. The monoisotopic (exact) mass is 295 g/mol. The van der Waals surface area contributed by atoms with Gasteiger partial charge in [0.2, 0.25) is 5.91 Å². The number of nitrogens with zero attached hydrogens (tertiary/aromatic N) is 1. The molecule has 0 aromatic heterocycles. The van der Waals surface area contributed by atoms with Crippen LogP contribution in [0.25, 0.3) is 0 Å². The Hall–Kier alpha value is -0.610. The van der Waals surface area contributed by atoms with Gasteiger partial charge in [0, 0.05) is 19.6 Å². The van der Waals surface area contributed by atoms with Crippen molar-refractivity contribution >= 4 is 5.91 Å². The second-order valence-corrected chi connectivity index (χ2v) is 7.13. The third-order valence-corrected chi connectivity index (χ3v) is 5.08. The molecule has 2 aliphatic heterocycles. The van der Waals surface area contributed by atoms with E-state index in [-0.39, 0.29) is 11.3 Å². The molecule has 2 fully saturated rings. The Labute approximate surface area is 130 Å². The molecular weight excluding hydrogens is 262 g/mol. The normalized spacial score (nSPS) is 28.5. The minimum absolute atomic E-state index is 0.139. The Kier molecular flexibility index (Phi) is 6.49. The molecule has 21 heavy (non-hydrogen) atoms. The Bertz CT molecular complexity index is 320. The van der Waals surface area contributed by atoms with Gasteiger partial charge in [0.1, 0.15) is 0 Å². The summed E-state index contributed by atoms with van der Waals surface area (Å²) in [7, 11) is 0. The van der Waals surface area contributed by atoms with Crippen LogP contribution in [0.4, 0.5) is 0 Å². The number of rotatable bonds is 7. The average Bonchev–Trinajstić information content (AvgIpc) is 2.96. The number of carbonyl (C=O) groups excluding carboxylic acids is 1. The molecule has 0 aromatic carbocycles. The quantitative estimate of drug-likeness (QED) is 0.755. The van der Waals surface area contributed by atoms with Crippen LogP contribution in [-0.2, 0) is 4.79 Å². The van der Waals surface area contributed by atoms with Gasteiger partial charge in [-0.05, 0) is 51.2 Å². The summed E-state index contributed by atoms with van der Waals surface area (Å²) >= 11 is 0. The van der Waals surface area contributed by atoms with Gasteiger partial charge in [0.25, 0.3) is 0 Å².